The summed E-state index contributed by atoms with van der Waals surface area (Å²) < 4.78 is 40.8. The molecule has 0 saturated heterocycles. The van der Waals surface area contributed by atoms with Crippen molar-refractivity contribution < 1.29 is 12.8 Å². The zero-order valence-electron chi connectivity index (χ0n) is 9.65. The lowest BCUT2D eigenvalue weighted by Crippen LogP contribution is -2.15. The zero-order valence-corrected chi connectivity index (χ0v) is 12.9. The summed E-state index contributed by atoms with van der Waals surface area (Å²) in [4.78, 5) is 3.66. The van der Waals surface area contributed by atoms with Crippen LogP contribution in [0.25, 0.3) is 0 Å². The van der Waals surface area contributed by atoms with Gasteiger partial charge in [0.1, 0.15) is 5.82 Å². The Kier molecular flexibility index (Phi) is 3.79. The van der Waals surface area contributed by atoms with Gasteiger partial charge >= 0.3 is 0 Å². The Labute approximate surface area is 121 Å². The molecule has 0 fully saturated rings. The van der Waals surface area contributed by atoms with Crippen molar-refractivity contribution in [2.45, 2.75) is 11.8 Å². The van der Waals surface area contributed by atoms with Crippen molar-refractivity contribution in [1.82, 2.24) is 4.98 Å². The molecular weight excluding hydrogens is 357 g/mol. The highest BCUT2D eigenvalue weighted by atomic mass is 79.9. The van der Waals surface area contributed by atoms with Gasteiger partial charge in [0, 0.05) is 11.3 Å². The molecule has 102 valence electrons. The van der Waals surface area contributed by atoms with E-state index in [0.717, 1.165) is 17.4 Å². The zero-order chi connectivity index (χ0) is 14.2. The fourth-order valence-corrected chi connectivity index (χ4v) is 4.06. The van der Waals surface area contributed by atoms with E-state index < -0.39 is 15.8 Å². The highest BCUT2D eigenvalue weighted by Gasteiger charge is 2.21. The number of anilines is 2. The molecule has 1 aromatic carbocycles. The van der Waals surface area contributed by atoms with Gasteiger partial charge < -0.3 is 5.73 Å². The van der Waals surface area contributed by atoms with Crippen LogP contribution in [0.1, 0.15) is 5.56 Å². The maximum Gasteiger partial charge on any atom is 0.264 e. The van der Waals surface area contributed by atoms with Crippen molar-refractivity contribution in [3.63, 3.8) is 0 Å². The summed E-state index contributed by atoms with van der Waals surface area (Å²) in [5.41, 5.74) is 5.53. The van der Waals surface area contributed by atoms with E-state index in [-0.39, 0.29) is 21.3 Å². The van der Waals surface area contributed by atoms with Gasteiger partial charge in [0.2, 0.25) is 0 Å². The van der Waals surface area contributed by atoms with Gasteiger partial charge in [-0.1, -0.05) is 11.3 Å². The molecule has 9 heteroatoms. The lowest BCUT2D eigenvalue weighted by Gasteiger charge is -2.09. The number of nitrogens with zero attached hydrogens (tertiary/aromatic N) is 1. The van der Waals surface area contributed by atoms with E-state index in [9.17, 15) is 12.8 Å². The van der Waals surface area contributed by atoms with Gasteiger partial charge in [-0.15, -0.1) is 0 Å². The molecule has 0 bridgehead atoms. The largest absolute Gasteiger partial charge is 0.399 e. The first kappa shape index (κ1) is 14.2. The third-order valence-electron chi connectivity index (χ3n) is 2.31. The summed E-state index contributed by atoms with van der Waals surface area (Å²) in [5.74, 6) is -0.666. The van der Waals surface area contributed by atoms with Crippen molar-refractivity contribution in [2.24, 2.45) is 0 Å². The van der Waals surface area contributed by atoms with Crippen LogP contribution in [0.15, 0.2) is 27.0 Å². The van der Waals surface area contributed by atoms with Gasteiger partial charge in [0.25, 0.3) is 10.0 Å². The van der Waals surface area contributed by atoms with Crippen LogP contribution in [0.2, 0.25) is 0 Å². The molecular formula is C10H9BrFN3O2S2. The van der Waals surface area contributed by atoms with E-state index in [4.69, 9.17) is 5.73 Å². The number of hydrogen-bond donors (Lipinski definition) is 2. The average molecular weight is 366 g/mol. The molecule has 0 saturated carbocycles. The van der Waals surface area contributed by atoms with E-state index in [0.29, 0.717) is 3.79 Å². The predicted octanol–water partition coefficient (Wildman–Crippen LogP) is 2.74. The number of nitrogens with two attached hydrogens (primary N) is 1. The molecule has 0 amide bonds. The van der Waals surface area contributed by atoms with Crippen LogP contribution in [-0.4, -0.2) is 13.4 Å². The first-order valence-electron chi connectivity index (χ1n) is 4.99. The van der Waals surface area contributed by atoms with Crippen LogP contribution in [0.5, 0.6) is 0 Å². The average Bonchev–Trinajstić information content (AvgIpc) is 2.68. The third kappa shape index (κ3) is 3.04. The van der Waals surface area contributed by atoms with Gasteiger partial charge in [0.05, 0.1) is 14.9 Å². The number of aromatic nitrogens is 1. The van der Waals surface area contributed by atoms with Gasteiger partial charge in [-0.25, -0.2) is 17.8 Å². The Morgan fingerprint density at radius 3 is 2.74 bits per heavy atom. The molecule has 1 heterocycles. The number of rotatable bonds is 3. The summed E-state index contributed by atoms with van der Waals surface area (Å²) in [6.07, 6.45) is 1.47. The summed E-state index contributed by atoms with van der Waals surface area (Å²) in [5, 5.41) is 0.189. The van der Waals surface area contributed by atoms with Crippen molar-refractivity contribution in [1.29, 1.82) is 0 Å². The molecule has 3 N–H and O–H groups in total. The molecule has 2 aromatic rings. The Hall–Kier alpha value is -1.19. The van der Waals surface area contributed by atoms with E-state index in [1.807, 2.05) is 0 Å². The van der Waals surface area contributed by atoms with Gasteiger partial charge in [-0.2, -0.15) is 0 Å². The van der Waals surface area contributed by atoms with E-state index in [1.165, 1.54) is 19.2 Å². The second-order valence-electron chi connectivity index (χ2n) is 3.70. The van der Waals surface area contributed by atoms with E-state index in [1.54, 1.807) is 0 Å². The number of halogens is 2. The summed E-state index contributed by atoms with van der Waals surface area (Å²) >= 11 is 4.29. The van der Waals surface area contributed by atoms with Gasteiger partial charge in [-0.05, 0) is 35.0 Å². The molecule has 0 atom stereocenters. The lowest BCUT2D eigenvalue weighted by atomic mass is 10.2. The first-order valence-corrected chi connectivity index (χ1v) is 8.08. The second-order valence-corrected chi connectivity index (χ2v) is 7.76. The van der Waals surface area contributed by atoms with Crippen LogP contribution in [0.3, 0.4) is 0 Å². The monoisotopic (exact) mass is 365 g/mol. The topological polar surface area (TPSA) is 85.1 Å². The molecule has 1 aromatic heterocycles. The van der Waals surface area contributed by atoms with Gasteiger partial charge in [-0.3, -0.25) is 4.72 Å². The van der Waals surface area contributed by atoms with Crippen molar-refractivity contribution >= 4 is 48.1 Å². The fourth-order valence-electron chi connectivity index (χ4n) is 1.42. The maximum absolute atomic E-state index is 13.5. The van der Waals surface area contributed by atoms with Crippen LogP contribution in [-0.2, 0) is 10.0 Å². The molecule has 0 unspecified atom stereocenters. The SMILES string of the molecule is Cc1c(F)cc(N)cc1S(=O)(=O)Nc1ncc(Br)s1. The summed E-state index contributed by atoms with van der Waals surface area (Å²) in [6, 6.07) is 2.29. The minimum atomic E-state index is -3.92. The van der Waals surface area contributed by atoms with Crippen molar-refractivity contribution in [3.05, 3.63) is 33.5 Å². The molecule has 5 nitrogen and oxygen atoms in total. The number of nitrogens with one attached hydrogen (secondary N) is 1. The number of nitrogen functional groups attached to an aromatic ring is 1. The highest BCUT2D eigenvalue weighted by molar-refractivity contribution is 9.11. The van der Waals surface area contributed by atoms with Crippen LogP contribution in [0, 0.1) is 12.7 Å². The fraction of sp³-hybridized carbons (Fsp3) is 0.100. The van der Waals surface area contributed by atoms with Crippen molar-refractivity contribution in [3.8, 4) is 0 Å². The summed E-state index contributed by atoms with van der Waals surface area (Å²) in [7, 11) is -3.92. The van der Waals surface area contributed by atoms with E-state index >= 15 is 0 Å². The molecule has 0 aliphatic rings. The second kappa shape index (κ2) is 5.06. The third-order valence-corrected chi connectivity index (χ3v) is 5.29. The van der Waals surface area contributed by atoms with Crippen molar-refractivity contribution in [2.75, 3.05) is 10.5 Å². The minimum absolute atomic E-state index is 0.0114. The molecule has 19 heavy (non-hydrogen) atoms. The number of hydrogen-bond acceptors (Lipinski definition) is 5. The highest BCUT2D eigenvalue weighted by Crippen LogP contribution is 2.28. The molecule has 0 aliphatic heterocycles. The van der Waals surface area contributed by atoms with E-state index in [2.05, 4.69) is 25.6 Å². The first-order chi connectivity index (χ1) is 8.79. The predicted molar refractivity (Wildman–Crippen MR) is 76.2 cm³/mol. The quantitative estimate of drug-likeness (QED) is 0.818. The number of sulfonamides is 1. The Bertz CT molecular complexity index is 730. The Balaban J connectivity index is 2.45. The van der Waals surface area contributed by atoms with Crippen LogP contribution < -0.4 is 10.5 Å². The molecule has 0 radical (unpaired) electrons. The normalized spacial score (nSPS) is 11.5. The number of thiazole rings is 1. The van der Waals surface area contributed by atoms with Crippen LogP contribution >= 0.6 is 27.3 Å². The molecule has 2 rings (SSSR count). The Morgan fingerprint density at radius 1 is 1.47 bits per heavy atom. The lowest BCUT2D eigenvalue weighted by molar-refractivity contribution is 0.591. The maximum atomic E-state index is 13.5. The molecule has 0 spiro atoms. The van der Waals surface area contributed by atoms with Gasteiger partial charge in [0.15, 0.2) is 5.13 Å². The smallest absolute Gasteiger partial charge is 0.264 e. The van der Waals surface area contributed by atoms with Crippen LogP contribution in [0.4, 0.5) is 15.2 Å². The number of benzene rings is 1. The standard InChI is InChI=1S/C10H9BrFN3O2S2/c1-5-7(12)2-6(13)3-8(5)19(16,17)15-10-14-4-9(11)18-10/h2-4H,13H2,1H3,(H,14,15). The summed E-state index contributed by atoms with van der Waals surface area (Å²) in [6.45, 7) is 1.38. The minimum Gasteiger partial charge on any atom is -0.399 e. The molecule has 0 aliphatic carbocycles. The Morgan fingerprint density at radius 2 is 2.16 bits per heavy atom.